The van der Waals surface area contributed by atoms with E-state index in [4.69, 9.17) is 0 Å². The van der Waals surface area contributed by atoms with Gasteiger partial charge in [-0.2, -0.15) is 16.5 Å². The first-order valence-electron chi connectivity index (χ1n) is 9.37. The highest BCUT2D eigenvalue weighted by Crippen LogP contribution is 2.25. The molecule has 29 heavy (non-hydrogen) atoms. The van der Waals surface area contributed by atoms with Crippen molar-refractivity contribution in [3.8, 4) is 0 Å². The molecule has 2 N–H and O–H groups in total. The molecule has 1 heterocycles. The van der Waals surface area contributed by atoms with Crippen LogP contribution in [-0.4, -0.2) is 37.4 Å². The van der Waals surface area contributed by atoms with Gasteiger partial charge in [0.1, 0.15) is 16.8 Å². The number of hydrogen-bond donors (Lipinski definition) is 2. The number of carbonyl (C=O) groups is 1. The van der Waals surface area contributed by atoms with E-state index in [1.807, 2.05) is 13.2 Å². The number of nitrogens with zero attached hydrogens (tertiary/aromatic N) is 1. The number of aromatic nitrogens is 1. The lowest BCUT2D eigenvalue weighted by atomic mass is 10.2. The molecule has 1 aromatic carbocycles. The Morgan fingerprint density at radius 1 is 1.31 bits per heavy atom. The number of aryl methyl sites for hydroxylation is 2. The average molecular weight is 460 g/mol. The van der Waals surface area contributed by atoms with Gasteiger partial charge in [0.15, 0.2) is 5.13 Å². The van der Waals surface area contributed by atoms with Gasteiger partial charge in [0.05, 0.1) is 5.69 Å². The molecule has 1 amide bonds. The normalized spacial score (nSPS) is 12.7. The topological polar surface area (TPSA) is 88.2 Å². The van der Waals surface area contributed by atoms with E-state index >= 15 is 0 Å². The summed E-state index contributed by atoms with van der Waals surface area (Å²) in [5, 5.41) is 3.18. The van der Waals surface area contributed by atoms with Crippen LogP contribution in [0.3, 0.4) is 0 Å². The predicted molar refractivity (Wildman–Crippen MR) is 118 cm³/mol. The molecule has 2 rings (SSSR count). The van der Waals surface area contributed by atoms with E-state index in [-0.39, 0.29) is 6.42 Å². The molecule has 1 unspecified atom stereocenters. The largest absolute Gasteiger partial charge is 0.301 e. The third-order valence-electron chi connectivity index (χ3n) is 4.17. The number of hydrogen-bond acceptors (Lipinski definition) is 6. The maximum absolute atomic E-state index is 14.0. The van der Waals surface area contributed by atoms with Gasteiger partial charge < -0.3 is 5.32 Å². The summed E-state index contributed by atoms with van der Waals surface area (Å²) in [7, 11) is -4.19. The average Bonchev–Trinajstić information content (AvgIpc) is 3.06. The van der Waals surface area contributed by atoms with Crippen molar-refractivity contribution < 1.29 is 17.6 Å². The van der Waals surface area contributed by atoms with Crippen LogP contribution in [0.25, 0.3) is 0 Å². The second-order valence-corrected chi connectivity index (χ2v) is 10.1. The minimum atomic E-state index is -4.19. The molecule has 1 aromatic heterocycles. The lowest BCUT2D eigenvalue weighted by Crippen LogP contribution is -2.44. The minimum absolute atomic E-state index is 0.272. The van der Waals surface area contributed by atoms with Crippen LogP contribution in [0.15, 0.2) is 29.2 Å². The van der Waals surface area contributed by atoms with E-state index in [1.54, 1.807) is 0 Å². The molecule has 10 heteroatoms. The van der Waals surface area contributed by atoms with Crippen molar-refractivity contribution in [1.29, 1.82) is 0 Å². The Morgan fingerprint density at radius 3 is 2.66 bits per heavy atom. The van der Waals surface area contributed by atoms with Crippen molar-refractivity contribution >= 4 is 44.2 Å². The Labute approximate surface area is 179 Å². The van der Waals surface area contributed by atoms with Crippen molar-refractivity contribution in [2.75, 3.05) is 17.3 Å². The zero-order chi connectivity index (χ0) is 21.4. The van der Waals surface area contributed by atoms with Crippen molar-refractivity contribution in [2.24, 2.45) is 0 Å². The van der Waals surface area contributed by atoms with Gasteiger partial charge in [0, 0.05) is 4.88 Å². The Balaban J connectivity index is 2.21. The summed E-state index contributed by atoms with van der Waals surface area (Å²) in [6.07, 6.45) is 4.73. The third kappa shape index (κ3) is 6.50. The highest BCUT2D eigenvalue weighted by atomic mass is 32.2. The van der Waals surface area contributed by atoms with E-state index in [0.717, 1.165) is 35.9 Å². The molecule has 0 aliphatic heterocycles. The number of amides is 1. The Hall–Kier alpha value is -1.49. The van der Waals surface area contributed by atoms with E-state index in [9.17, 15) is 17.6 Å². The smallest absolute Gasteiger partial charge is 0.244 e. The highest BCUT2D eigenvalue weighted by molar-refractivity contribution is 7.98. The van der Waals surface area contributed by atoms with Crippen LogP contribution in [-0.2, 0) is 27.7 Å². The van der Waals surface area contributed by atoms with Gasteiger partial charge >= 0.3 is 0 Å². The fraction of sp³-hybridized carbons (Fsp3) is 0.474. The maximum atomic E-state index is 14.0. The monoisotopic (exact) mass is 459 g/mol. The number of rotatable bonds is 11. The minimum Gasteiger partial charge on any atom is -0.301 e. The molecular weight excluding hydrogens is 433 g/mol. The summed E-state index contributed by atoms with van der Waals surface area (Å²) in [4.78, 5) is 17.9. The van der Waals surface area contributed by atoms with Crippen molar-refractivity contribution in [2.45, 2.75) is 50.5 Å². The quantitative estimate of drug-likeness (QED) is 0.533. The molecule has 0 aliphatic carbocycles. The molecule has 0 saturated heterocycles. The second kappa shape index (κ2) is 11.1. The summed E-state index contributed by atoms with van der Waals surface area (Å²) in [5.41, 5.74) is 0.961. The molecule has 0 spiro atoms. The SMILES string of the molecule is CCCc1nc(NC(=O)C(CCSC)NS(=O)(=O)c2ccccc2F)sc1CC. The number of nitrogens with one attached hydrogen (secondary N) is 2. The van der Waals surface area contributed by atoms with Crippen LogP contribution >= 0.6 is 23.1 Å². The number of halogens is 1. The summed E-state index contributed by atoms with van der Waals surface area (Å²) < 4.78 is 41.6. The number of benzene rings is 1. The van der Waals surface area contributed by atoms with E-state index in [1.165, 1.54) is 41.3 Å². The van der Waals surface area contributed by atoms with Crippen molar-refractivity contribution in [1.82, 2.24) is 9.71 Å². The molecule has 1 atom stereocenters. The summed E-state index contributed by atoms with van der Waals surface area (Å²) in [6, 6.07) is 4.06. The number of thiazole rings is 1. The fourth-order valence-electron chi connectivity index (χ4n) is 2.73. The first-order valence-corrected chi connectivity index (χ1v) is 13.1. The number of sulfonamides is 1. The molecule has 2 aromatic rings. The van der Waals surface area contributed by atoms with E-state index in [2.05, 4.69) is 21.9 Å². The fourth-order valence-corrected chi connectivity index (χ4v) is 5.46. The first kappa shape index (κ1) is 23.8. The molecule has 0 fully saturated rings. The van der Waals surface area contributed by atoms with Crippen LogP contribution in [0.5, 0.6) is 0 Å². The van der Waals surface area contributed by atoms with Gasteiger partial charge in [0.25, 0.3) is 0 Å². The third-order valence-corrected chi connectivity index (χ3v) is 7.47. The Morgan fingerprint density at radius 2 is 2.03 bits per heavy atom. The lowest BCUT2D eigenvalue weighted by molar-refractivity contribution is -0.117. The van der Waals surface area contributed by atoms with Gasteiger partial charge in [-0.05, 0) is 43.4 Å². The molecule has 6 nitrogen and oxygen atoms in total. The van der Waals surface area contributed by atoms with Crippen LogP contribution in [0.2, 0.25) is 0 Å². The van der Waals surface area contributed by atoms with Crippen molar-refractivity contribution in [3.05, 3.63) is 40.7 Å². The molecule has 0 saturated carbocycles. The van der Waals surface area contributed by atoms with E-state index < -0.39 is 32.7 Å². The number of anilines is 1. The van der Waals surface area contributed by atoms with Gasteiger partial charge in [-0.3, -0.25) is 4.79 Å². The van der Waals surface area contributed by atoms with Gasteiger partial charge in [-0.1, -0.05) is 32.4 Å². The predicted octanol–water partition coefficient (Wildman–Crippen LogP) is 3.84. The van der Waals surface area contributed by atoms with Gasteiger partial charge in [-0.25, -0.2) is 17.8 Å². The molecular formula is C19H26FN3O3S3. The summed E-state index contributed by atoms with van der Waals surface area (Å²) >= 11 is 2.89. The first-order chi connectivity index (χ1) is 13.8. The zero-order valence-electron chi connectivity index (χ0n) is 16.7. The Bertz CT molecular complexity index is 932. The summed E-state index contributed by atoms with van der Waals surface area (Å²) in [5.74, 6) is -0.795. The standard InChI is InChI=1S/C19H26FN3O3S3/c1-4-8-14-16(5-2)28-19(21-14)22-18(24)15(11-12-27-3)23-29(25,26)17-10-7-6-9-13(17)20/h6-7,9-10,15,23H,4-5,8,11-12H2,1-3H3,(H,21,22,24). The molecule has 0 bridgehead atoms. The Kier molecular flexibility index (Phi) is 9.06. The number of thioether (sulfide) groups is 1. The second-order valence-electron chi connectivity index (χ2n) is 6.37. The maximum Gasteiger partial charge on any atom is 0.244 e. The molecule has 0 aliphatic rings. The van der Waals surface area contributed by atoms with Crippen LogP contribution < -0.4 is 10.0 Å². The molecule has 0 radical (unpaired) electrons. The highest BCUT2D eigenvalue weighted by Gasteiger charge is 2.28. The summed E-state index contributed by atoms with van der Waals surface area (Å²) in [6.45, 7) is 4.09. The van der Waals surface area contributed by atoms with E-state index in [0.29, 0.717) is 10.9 Å². The van der Waals surface area contributed by atoms with Crippen molar-refractivity contribution in [3.63, 3.8) is 0 Å². The van der Waals surface area contributed by atoms with Crippen LogP contribution in [0.4, 0.5) is 9.52 Å². The number of carbonyl (C=O) groups excluding carboxylic acids is 1. The van der Waals surface area contributed by atoms with Crippen LogP contribution in [0, 0.1) is 5.82 Å². The van der Waals surface area contributed by atoms with Crippen LogP contribution in [0.1, 0.15) is 37.3 Å². The van der Waals surface area contributed by atoms with Gasteiger partial charge in [-0.15, -0.1) is 11.3 Å². The van der Waals surface area contributed by atoms with Gasteiger partial charge in [0.2, 0.25) is 15.9 Å². The lowest BCUT2D eigenvalue weighted by Gasteiger charge is -2.17. The zero-order valence-corrected chi connectivity index (χ0v) is 19.1. The molecule has 160 valence electrons.